The fraction of sp³-hybridized carbons (Fsp3) is 0.267. The van der Waals surface area contributed by atoms with Gasteiger partial charge in [-0.1, -0.05) is 24.3 Å². The highest BCUT2D eigenvalue weighted by Crippen LogP contribution is 2.34. The summed E-state index contributed by atoms with van der Waals surface area (Å²) in [5, 5.41) is 10.3. The Morgan fingerprint density at radius 2 is 1.86 bits per heavy atom. The molecule has 1 aromatic heterocycles. The molecule has 2 rings (SSSR count). The maximum absolute atomic E-state index is 12.8. The number of rotatable bonds is 4. The highest BCUT2D eigenvalue weighted by Gasteiger charge is 2.31. The lowest BCUT2D eigenvalue weighted by molar-refractivity contribution is -0.137. The molecule has 0 saturated carbocycles. The molecule has 2 unspecified atom stereocenters. The van der Waals surface area contributed by atoms with Gasteiger partial charge >= 0.3 is 6.18 Å². The monoisotopic (exact) mass is 296 g/mol. The molecule has 1 heterocycles. The van der Waals surface area contributed by atoms with Crippen molar-refractivity contribution in [3.63, 3.8) is 0 Å². The van der Waals surface area contributed by atoms with Gasteiger partial charge in [-0.2, -0.15) is 13.2 Å². The van der Waals surface area contributed by atoms with Gasteiger partial charge in [-0.25, -0.2) is 0 Å². The van der Waals surface area contributed by atoms with Crippen molar-refractivity contribution < 1.29 is 18.3 Å². The number of nitrogens with two attached hydrogens (primary N) is 1. The molecule has 0 fully saturated rings. The summed E-state index contributed by atoms with van der Waals surface area (Å²) in [5.74, 6) is -0.628. The zero-order valence-electron chi connectivity index (χ0n) is 11.1. The average molecular weight is 296 g/mol. The van der Waals surface area contributed by atoms with Gasteiger partial charge in [-0.3, -0.25) is 4.98 Å². The first-order valence-corrected chi connectivity index (χ1v) is 6.38. The molecule has 3 nitrogen and oxygen atoms in total. The summed E-state index contributed by atoms with van der Waals surface area (Å²) in [5.41, 5.74) is 5.76. The number of pyridine rings is 1. The van der Waals surface area contributed by atoms with Crippen molar-refractivity contribution >= 4 is 0 Å². The number of hydrogen-bond donors (Lipinski definition) is 2. The van der Waals surface area contributed by atoms with E-state index in [-0.39, 0.29) is 6.54 Å². The van der Waals surface area contributed by atoms with E-state index in [4.69, 9.17) is 5.73 Å². The third-order valence-electron chi connectivity index (χ3n) is 3.30. The van der Waals surface area contributed by atoms with Crippen LogP contribution < -0.4 is 5.73 Å². The third kappa shape index (κ3) is 3.59. The molecule has 0 bridgehead atoms. The minimum atomic E-state index is -4.42. The molecular formula is C15H15F3N2O. The van der Waals surface area contributed by atoms with Crippen molar-refractivity contribution in [3.8, 4) is 0 Å². The van der Waals surface area contributed by atoms with Crippen LogP contribution in [-0.2, 0) is 6.18 Å². The van der Waals surface area contributed by atoms with E-state index < -0.39 is 23.8 Å². The number of aromatic nitrogens is 1. The Labute approximate surface area is 120 Å². The summed E-state index contributed by atoms with van der Waals surface area (Å²) in [6.45, 7) is 0.0252. The summed E-state index contributed by atoms with van der Waals surface area (Å²) >= 11 is 0. The SMILES string of the molecule is NCC(c1cccc(C(F)(F)F)c1)C(O)c1cccnc1. The first-order valence-electron chi connectivity index (χ1n) is 6.38. The molecule has 1 aromatic carbocycles. The van der Waals surface area contributed by atoms with Crippen LogP contribution in [0.3, 0.4) is 0 Å². The van der Waals surface area contributed by atoms with Crippen LogP contribution in [0.5, 0.6) is 0 Å². The predicted octanol–water partition coefficient (Wildman–Crippen LogP) is 2.88. The highest BCUT2D eigenvalue weighted by atomic mass is 19.4. The Morgan fingerprint density at radius 1 is 1.14 bits per heavy atom. The molecule has 6 heteroatoms. The summed E-state index contributed by atoms with van der Waals surface area (Å²) in [6.07, 6.45) is -2.40. The van der Waals surface area contributed by atoms with E-state index in [1.54, 1.807) is 18.3 Å². The maximum atomic E-state index is 12.8. The Morgan fingerprint density at radius 3 is 2.43 bits per heavy atom. The second-order valence-corrected chi connectivity index (χ2v) is 4.70. The Kier molecular flexibility index (Phi) is 4.59. The molecule has 0 radical (unpaired) electrons. The number of benzene rings is 1. The van der Waals surface area contributed by atoms with Gasteiger partial charge in [0.1, 0.15) is 0 Å². The van der Waals surface area contributed by atoms with Gasteiger partial charge in [0, 0.05) is 24.9 Å². The van der Waals surface area contributed by atoms with Gasteiger partial charge in [0.2, 0.25) is 0 Å². The number of aliphatic hydroxyl groups is 1. The first-order chi connectivity index (χ1) is 9.93. The molecule has 0 aliphatic heterocycles. The second kappa shape index (κ2) is 6.24. The van der Waals surface area contributed by atoms with Crippen molar-refractivity contribution in [2.75, 3.05) is 6.54 Å². The van der Waals surface area contributed by atoms with Gasteiger partial charge in [0.15, 0.2) is 0 Å². The van der Waals surface area contributed by atoms with Crippen LogP contribution in [0, 0.1) is 0 Å². The predicted molar refractivity (Wildman–Crippen MR) is 72.4 cm³/mol. The van der Waals surface area contributed by atoms with Crippen molar-refractivity contribution in [1.29, 1.82) is 0 Å². The van der Waals surface area contributed by atoms with Crippen molar-refractivity contribution in [3.05, 3.63) is 65.5 Å². The molecule has 0 saturated heterocycles. The molecule has 2 aromatic rings. The van der Waals surface area contributed by atoms with E-state index >= 15 is 0 Å². The van der Waals surface area contributed by atoms with E-state index in [2.05, 4.69) is 4.98 Å². The topological polar surface area (TPSA) is 59.1 Å². The smallest absolute Gasteiger partial charge is 0.388 e. The van der Waals surface area contributed by atoms with Gasteiger partial charge in [0.05, 0.1) is 11.7 Å². The van der Waals surface area contributed by atoms with Gasteiger partial charge in [-0.05, 0) is 23.3 Å². The lowest BCUT2D eigenvalue weighted by Crippen LogP contribution is -2.21. The first kappa shape index (κ1) is 15.5. The number of hydrogen-bond acceptors (Lipinski definition) is 3. The summed E-state index contributed by atoms with van der Waals surface area (Å²) in [4.78, 5) is 3.89. The zero-order chi connectivity index (χ0) is 15.5. The van der Waals surface area contributed by atoms with Gasteiger partial charge < -0.3 is 10.8 Å². The van der Waals surface area contributed by atoms with Gasteiger partial charge in [-0.15, -0.1) is 0 Å². The van der Waals surface area contributed by atoms with Crippen LogP contribution in [0.4, 0.5) is 13.2 Å². The summed E-state index contributed by atoms with van der Waals surface area (Å²) in [7, 11) is 0. The molecule has 0 amide bonds. The molecule has 0 spiro atoms. The van der Waals surface area contributed by atoms with Crippen molar-refractivity contribution in [1.82, 2.24) is 4.98 Å². The Balaban J connectivity index is 2.34. The molecule has 21 heavy (non-hydrogen) atoms. The van der Waals surface area contributed by atoms with Crippen LogP contribution in [0.25, 0.3) is 0 Å². The fourth-order valence-electron chi connectivity index (χ4n) is 2.18. The molecular weight excluding hydrogens is 281 g/mol. The highest BCUT2D eigenvalue weighted by molar-refractivity contribution is 5.31. The average Bonchev–Trinajstić information content (AvgIpc) is 2.48. The number of nitrogens with zero attached hydrogens (tertiary/aromatic N) is 1. The standard InChI is InChI=1S/C15H15F3N2O/c16-15(17,18)12-5-1-3-10(7-12)13(8-19)14(21)11-4-2-6-20-9-11/h1-7,9,13-14,21H,8,19H2. The number of halogens is 3. The summed E-state index contributed by atoms with van der Waals surface area (Å²) < 4.78 is 38.3. The van der Waals surface area contributed by atoms with E-state index in [0.29, 0.717) is 11.1 Å². The molecule has 2 atom stereocenters. The Bertz CT molecular complexity index is 587. The number of aliphatic hydroxyl groups excluding tert-OH is 1. The second-order valence-electron chi connectivity index (χ2n) is 4.70. The van der Waals surface area contributed by atoms with Crippen molar-refractivity contribution in [2.45, 2.75) is 18.2 Å². The Hall–Kier alpha value is -1.92. The normalized spacial score (nSPS) is 14.7. The minimum absolute atomic E-state index is 0.0252. The van der Waals surface area contributed by atoms with E-state index in [9.17, 15) is 18.3 Å². The summed E-state index contributed by atoms with van der Waals surface area (Å²) in [6, 6.07) is 8.18. The molecule has 112 valence electrons. The quantitative estimate of drug-likeness (QED) is 0.912. The van der Waals surface area contributed by atoms with Crippen LogP contribution in [0.15, 0.2) is 48.8 Å². The lowest BCUT2D eigenvalue weighted by atomic mass is 9.89. The maximum Gasteiger partial charge on any atom is 0.416 e. The zero-order valence-corrected chi connectivity index (χ0v) is 11.1. The van der Waals surface area contributed by atoms with Gasteiger partial charge in [0.25, 0.3) is 0 Å². The largest absolute Gasteiger partial charge is 0.416 e. The van der Waals surface area contributed by atoms with E-state index in [0.717, 1.165) is 12.1 Å². The molecule has 0 aliphatic carbocycles. The molecule has 0 aliphatic rings. The molecule has 3 N–H and O–H groups in total. The van der Waals surface area contributed by atoms with Crippen molar-refractivity contribution in [2.24, 2.45) is 5.73 Å². The number of alkyl halides is 3. The van der Waals surface area contributed by atoms with Crippen LogP contribution in [-0.4, -0.2) is 16.6 Å². The van der Waals surface area contributed by atoms with Crippen LogP contribution in [0.1, 0.15) is 28.7 Å². The van der Waals surface area contributed by atoms with Crippen LogP contribution >= 0.6 is 0 Å². The van der Waals surface area contributed by atoms with E-state index in [1.807, 2.05) is 0 Å². The fourth-order valence-corrected chi connectivity index (χ4v) is 2.18. The third-order valence-corrected chi connectivity index (χ3v) is 3.30. The lowest BCUT2D eigenvalue weighted by Gasteiger charge is -2.23. The minimum Gasteiger partial charge on any atom is -0.388 e. The van der Waals surface area contributed by atoms with E-state index in [1.165, 1.54) is 18.3 Å². The van der Waals surface area contributed by atoms with Crippen LogP contribution in [0.2, 0.25) is 0 Å².